The number of fused-ring (bicyclic) bond motifs is 1. The molecule has 1 amide bonds. The summed E-state index contributed by atoms with van der Waals surface area (Å²) in [7, 11) is 1.73. The van der Waals surface area contributed by atoms with E-state index in [1.807, 2.05) is 0 Å². The second-order valence-corrected chi connectivity index (χ2v) is 10.3. The molecule has 37 heavy (non-hydrogen) atoms. The summed E-state index contributed by atoms with van der Waals surface area (Å²) in [6, 6.07) is 2.67. The summed E-state index contributed by atoms with van der Waals surface area (Å²) in [5.41, 5.74) is 2.55. The van der Waals surface area contributed by atoms with Crippen LogP contribution in [0.3, 0.4) is 0 Å². The Morgan fingerprint density at radius 2 is 1.86 bits per heavy atom. The minimum Gasteiger partial charge on any atom is -0.406 e. The van der Waals surface area contributed by atoms with Crippen LogP contribution in [0.5, 0.6) is 5.75 Å². The van der Waals surface area contributed by atoms with Gasteiger partial charge in [0.2, 0.25) is 0 Å². The molecule has 0 radical (unpaired) electrons. The smallest absolute Gasteiger partial charge is 0.406 e. The number of ether oxygens (including phenoxy) is 1. The van der Waals surface area contributed by atoms with Gasteiger partial charge < -0.3 is 19.0 Å². The quantitative estimate of drug-likeness (QED) is 0.347. The van der Waals surface area contributed by atoms with Gasteiger partial charge in [-0.15, -0.1) is 13.2 Å². The number of amides is 1. The summed E-state index contributed by atoms with van der Waals surface area (Å²) in [6.07, 6.45) is 0.629. The number of Topliss-reactive ketones (excluding diaryl/α,β-unsaturated/α-hetero) is 1. The highest BCUT2D eigenvalue weighted by Crippen LogP contribution is 2.36. The van der Waals surface area contributed by atoms with Crippen molar-refractivity contribution in [2.45, 2.75) is 45.9 Å². The number of nitrogens with zero attached hydrogens (tertiary/aromatic N) is 3. The van der Waals surface area contributed by atoms with Gasteiger partial charge in [-0.25, -0.2) is 4.98 Å². The molecular weight excluding hydrogens is 530 g/mol. The van der Waals surface area contributed by atoms with Gasteiger partial charge in [0.05, 0.1) is 15.6 Å². The van der Waals surface area contributed by atoms with E-state index >= 15 is 0 Å². The molecule has 4 rings (SSSR count). The fourth-order valence-electron chi connectivity index (χ4n) is 5.03. The number of halogens is 5. The van der Waals surface area contributed by atoms with Crippen molar-refractivity contribution in [1.82, 2.24) is 14.5 Å². The molecule has 1 aromatic carbocycles. The van der Waals surface area contributed by atoms with Crippen LogP contribution in [-0.4, -0.2) is 45.6 Å². The van der Waals surface area contributed by atoms with Crippen LogP contribution in [0.4, 0.5) is 13.2 Å². The van der Waals surface area contributed by atoms with Crippen molar-refractivity contribution in [2.24, 2.45) is 13.0 Å². The third kappa shape index (κ3) is 6.04. The van der Waals surface area contributed by atoms with Crippen LogP contribution >= 0.6 is 23.2 Å². The van der Waals surface area contributed by atoms with Crippen LogP contribution in [0.25, 0.3) is 10.9 Å². The lowest BCUT2D eigenvalue weighted by atomic mass is 9.92. The van der Waals surface area contributed by atoms with E-state index in [9.17, 15) is 22.8 Å². The molecule has 1 fully saturated rings. The fraction of sp³-hybridized carbons (Fsp3) is 0.423. The molecule has 0 bridgehead atoms. The van der Waals surface area contributed by atoms with Gasteiger partial charge in [0.25, 0.3) is 5.91 Å². The molecule has 2 aromatic heterocycles. The number of carbonyl (C=O) groups is 2. The number of aryl methyl sites for hydroxylation is 2. The minimum atomic E-state index is -4.79. The number of alkyl halides is 3. The Balaban J connectivity index is 1.62. The second-order valence-electron chi connectivity index (χ2n) is 9.51. The molecule has 0 N–H and O–H groups in total. The lowest BCUT2D eigenvalue weighted by molar-refractivity contribution is -0.274. The Labute approximate surface area is 222 Å². The molecular formula is C26H26Cl2F3N3O3. The van der Waals surface area contributed by atoms with E-state index in [2.05, 4.69) is 9.72 Å². The highest BCUT2D eigenvalue weighted by atomic mass is 35.5. The minimum absolute atomic E-state index is 0.101. The van der Waals surface area contributed by atoms with Gasteiger partial charge in [0.15, 0.2) is 0 Å². The van der Waals surface area contributed by atoms with Gasteiger partial charge in [0.1, 0.15) is 17.2 Å². The Hall–Kier alpha value is -2.78. The monoisotopic (exact) mass is 555 g/mol. The summed E-state index contributed by atoms with van der Waals surface area (Å²) in [4.78, 5) is 30.6. The van der Waals surface area contributed by atoms with E-state index in [-0.39, 0.29) is 45.5 Å². The van der Waals surface area contributed by atoms with E-state index in [1.54, 1.807) is 36.6 Å². The van der Waals surface area contributed by atoms with Crippen molar-refractivity contribution >= 4 is 45.8 Å². The van der Waals surface area contributed by atoms with E-state index < -0.39 is 6.36 Å². The van der Waals surface area contributed by atoms with Crippen molar-refractivity contribution in [3.8, 4) is 5.75 Å². The number of hydrogen-bond acceptors (Lipinski definition) is 4. The lowest BCUT2D eigenvalue weighted by Gasteiger charge is -2.31. The van der Waals surface area contributed by atoms with Crippen LogP contribution in [0, 0.1) is 12.8 Å². The largest absolute Gasteiger partial charge is 0.573 e. The summed E-state index contributed by atoms with van der Waals surface area (Å²) in [5, 5.41) is 1.19. The zero-order chi connectivity index (χ0) is 27.1. The van der Waals surface area contributed by atoms with E-state index in [1.165, 1.54) is 18.3 Å². The first-order valence-electron chi connectivity index (χ1n) is 11.8. The van der Waals surface area contributed by atoms with Crippen LogP contribution in [-0.2, 0) is 18.3 Å². The number of aromatic nitrogens is 2. The summed E-state index contributed by atoms with van der Waals surface area (Å²) < 4.78 is 44.1. The predicted molar refractivity (Wildman–Crippen MR) is 135 cm³/mol. The molecule has 0 aliphatic carbocycles. The van der Waals surface area contributed by atoms with E-state index in [4.69, 9.17) is 23.2 Å². The molecule has 11 heteroatoms. The molecule has 0 unspecified atom stereocenters. The van der Waals surface area contributed by atoms with Crippen LogP contribution in [0.15, 0.2) is 24.5 Å². The van der Waals surface area contributed by atoms with Crippen LogP contribution in [0.2, 0.25) is 10.0 Å². The average Bonchev–Trinajstić information content (AvgIpc) is 3.10. The predicted octanol–water partition coefficient (Wildman–Crippen LogP) is 6.51. The highest BCUT2D eigenvalue weighted by molar-refractivity contribution is 6.37. The Morgan fingerprint density at radius 1 is 1.19 bits per heavy atom. The first-order chi connectivity index (χ1) is 17.3. The number of likely N-dealkylation sites (tertiary alicyclic amines) is 1. The Kier molecular flexibility index (Phi) is 7.76. The number of piperidine rings is 1. The van der Waals surface area contributed by atoms with Crippen LogP contribution in [0.1, 0.15) is 53.4 Å². The molecule has 6 nitrogen and oxygen atoms in total. The number of carbonyl (C=O) groups excluding carboxylic acids is 2. The summed E-state index contributed by atoms with van der Waals surface area (Å²) in [6.45, 7) is 4.30. The maximum atomic E-state index is 13.2. The fourth-order valence-corrected chi connectivity index (χ4v) is 5.58. The zero-order valence-corrected chi connectivity index (χ0v) is 22.1. The Morgan fingerprint density at radius 3 is 2.49 bits per heavy atom. The van der Waals surface area contributed by atoms with Gasteiger partial charge >= 0.3 is 6.36 Å². The number of pyridine rings is 1. The molecule has 0 saturated carbocycles. The molecule has 198 valence electrons. The Bertz CT molecular complexity index is 1360. The second kappa shape index (κ2) is 10.5. The average molecular weight is 556 g/mol. The van der Waals surface area contributed by atoms with Gasteiger partial charge in [-0.3, -0.25) is 4.79 Å². The molecule has 3 heterocycles. The van der Waals surface area contributed by atoms with E-state index in [0.717, 1.165) is 23.8 Å². The number of hydrogen-bond donors (Lipinski definition) is 0. The molecule has 0 atom stereocenters. The molecule has 1 aliphatic heterocycles. The molecule has 1 aliphatic rings. The molecule has 0 spiro atoms. The number of rotatable bonds is 6. The van der Waals surface area contributed by atoms with Crippen molar-refractivity contribution < 1.29 is 27.5 Å². The first kappa shape index (κ1) is 27.3. The van der Waals surface area contributed by atoms with Crippen LogP contribution < -0.4 is 4.74 Å². The van der Waals surface area contributed by atoms with Crippen molar-refractivity contribution in [3.05, 3.63) is 57.0 Å². The van der Waals surface area contributed by atoms with Gasteiger partial charge in [-0.05, 0) is 55.4 Å². The normalized spacial score (nSPS) is 14.9. The standard InChI is InChI=1S/C26H26Cl2F3N3O3/c1-14-8-18(37-26(29,30)31)11-21-22(14)17(13-33(21)3)10-19-20(27)12-32-24(23(19)28)25(36)34-6-4-16(5-7-34)9-15(2)35/h8,11-13,16H,4-7,9-10H2,1-3H3. The SMILES string of the molecule is CC(=O)CC1CCN(C(=O)c2ncc(Cl)c(Cc3cn(C)c4cc(OC(F)(F)F)cc(C)c34)c2Cl)CC1. The maximum absolute atomic E-state index is 13.2. The van der Waals surface area contributed by atoms with Crippen molar-refractivity contribution in [1.29, 1.82) is 0 Å². The lowest BCUT2D eigenvalue weighted by Crippen LogP contribution is -2.39. The molecule has 3 aromatic rings. The molecule has 1 saturated heterocycles. The summed E-state index contributed by atoms with van der Waals surface area (Å²) in [5.74, 6) is -0.190. The van der Waals surface area contributed by atoms with Crippen molar-refractivity contribution in [3.63, 3.8) is 0 Å². The number of ketones is 1. The topological polar surface area (TPSA) is 64.4 Å². The van der Waals surface area contributed by atoms with E-state index in [0.29, 0.717) is 36.2 Å². The van der Waals surface area contributed by atoms with Gasteiger partial charge in [-0.2, -0.15) is 0 Å². The van der Waals surface area contributed by atoms with Crippen molar-refractivity contribution in [2.75, 3.05) is 13.1 Å². The highest BCUT2D eigenvalue weighted by Gasteiger charge is 2.32. The van der Waals surface area contributed by atoms with Gasteiger partial charge in [0, 0.05) is 56.8 Å². The summed E-state index contributed by atoms with van der Waals surface area (Å²) >= 11 is 13.1. The number of benzene rings is 1. The zero-order valence-electron chi connectivity index (χ0n) is 20.6. The third-order valence-electron chi connectivity index (χ3n) is 6.69. The third-order valence-corrected chi connectivity index (χ3v) is 7.42. The van der Waals surface area contributed by atoms with Gasteiger partial charge in [-0.1, -0.05) is 23.2 Å². The maximum Gasteiger partial charge on any atom is 0.573 e. The first-order valence-corrected chi connectivity index (χ1v) is 12.6.